The standard InChI is InChI=1S/C32H39N3O5S/c1-23-15-17-30(18-16-23)41(38,39)35(28-13-7-9-24(2)19-28)22-31(36)34(21-26-10-8-14-29(20-26)40-4)25(3)32(37)33-27-11-5-6-12-27/h7-10,13-20,25,27H,5-6,11-12,21-22H2,1-4H3,(H,33,37)/t25-/m0/s1. The number of hydrogen-bond acceptors (Lipinski definition) is 5. The molecule has 9 heteroatoms. The van der Waals surface area contributed by atoms with Crippen molar-refractivity contribution in [1.82, 2.24) is 10.2 Å². The summed E-state index contributed by atoms with van der Waals surface area (Å²) in [5, 5.41) is 3.09. The van der Waals surface area contributed by atoms with Crippen LogP contribution < -0.4 is 14.4 Å². The van der Waals surface area contributed by atoms with Gasteiger partial charge in [-0.2, -0.15) is 0 Å². The van der Waals surface area contributed by atoms with Gasteiger partial charge in [0.05, 0.1) is 17.7 Å². The number of nitrogens with one attached hydrogen (secondary N) is 1. The summed E-state index contributed by atoms with van der Waals surface area (Å²) in [5.41, 5.74) is 2.93. The first-order valence-electron chi connectivity index (χ1n) is 14.0. The van der Waals surface area contributed by atoms with Crippen molar-refractivity contribution < 1.29 is 22.7 Å². The number of methoxy groups -OCH3 is 1. The molecule has 1 aliphatic carbocycles. The van der Waals surface area contributed by atoms with Gasteiger partial charge in [0.25, 0.3) is 10.0 Å². The summed E-state index contributed by atoms with van der Waals surface area (Å²) >= 11 is 0. The van der Waals surface area contributed by atoms with Gasteiger partial charge in [0, 0.05) is 12.6 Å². The van der Waals surface area contributed by atoms with Gasteiger partial charge in [-0.05, 0) is 81.1 Å². The molecular formula is C32H39N3O5S. The molecule has 1 saturated carbocycles. The second-order valence-electron chi connectivity index (χ2n) is 10.7. The molecule has 218 valence electrons. The second kappa shape index (κ2) is 13.2. The Balaban J connectivity index is 1.69. The Morgan fingerprint density at radius 1 is 0.951 bits per heavy atom. The lowest BCUT2D eigenvalue weighted by molar-refractivity contribution is -0.139. The highest BCUT2D eigenvalue weighted by molar-refractivity contribution is 7.92. The van der Waals surface area contributed by atoms with Crippen LogP contribution in [0.4, 0.5) is 5.69 Å². The number of hydrogen-bond donors (Lipinski definition) is 1. The molecule has 2 amide bonds. The first-order valence-corrected chi connectivity index (χ1v) is 15.4. The van der Waals surface area contributed by atoms with E-state index in [1.165, 1.54) is 4.90 Å². The Morgan fingerprint density at radius 3 is 2.29 bits per heavy atom. The zero-order valence-corrected chi connectivity index (χ0v) is 25.0. The van der Waals surface area contributed by atoms with Crippen LogP contribution in [0.1, 0.15) is 49.3 Å². The summed E-state index contributed by atoms with van der Waals surface area (Å²) < 4.78 is 34.4. The summed E-state index contributed by atoms with van der Waals surface area (Å²) in [4.78, 5) is 29.0. The fourth-order valence-electron chi connectivity index (χ4n) is 5.09. The SMILES string of the molecule is COc1cccc(CN(C(=O)CN(c2cccc(C)c2)S(=O)(=O)c2ccc(C)cc2)[C@@H](C)C(=O)NC2CCCC2)c1. The van der Waals surface area contributed by atoms with E-state index in [1.807, 2.05) is 38.1 Å². The lowest BCUT2D eigenvalue weighted by Crippen LogP contribution is -2.52. The third-order valence-electron chi connectivity index (χ3n) is 7.53. The second-order valence-corrected chi connectivity index (χ2v) is 12.6. The van der Waals surface area contributed by atoms with Crippen LogP contribution in [0, 0.1) is 13.8 Å². The molecule has 0 bridgehead atoms. The van der Waals surface area contributed by atoms with E-state index in [0.717, 1.165) is 46.7 Å². The smallest absolute Gasteiger partial charge is 0.264 e. The molecule has 0 unspecified atom stereocenters. The van der Waals surface area contributed by atoms with Crippen molar-refractivity contribution in [2.45, 2.75) is 70.0 Å². The molecular weight excluding hydrogens is 538 g/mol. The highest BCUT2D eigenvalue weighted by Gasteiger charge is 2.33. The number of ether oxygens (including phenoxy) is 1. The summed E-state index contributed by atoms with van der Waals surface area (Å²) in [5.74, 6) is -0.114. The third kappa shape index (κ3) is 7.47. The number of sulfonamides is 1. The van der Waals surface area contributed by atoms with Crippen molar-refractivity contribution in [3.63, 3.8) is 0 Å². The lowest BCUT2D eigenvalue weighted by Gasteiger charge is -2.32. The third-order valence-corrected chi connectivity index (χ3v) is 9.32. The van der Waals surface area contributed by atoms with E-state index in [0.29, 0.717) is 11.4 Å². The number of nitrogens with zero attached hydrogens (tertiary/aromatic N) is 2. The molecule has 1 fully saturated rings. The molecule has 1 N–H and O–H groups in total. The summed E-state index contributed by atoms with van der Waals surface area (Å²) in [6, 6.07) is 20.1. The first-order chi connectivity index (χ1) is 19.6. The van der Waals surface area contributed by atoms with Crippen molar-refractivity contribution in [2.24, 2.45) is 0 Å². The largest absolute Gasteiger partial charge is 0.497 e. The maximum absolute atomic E-state index is 14.1. The maximum Gasteiger partial charge on any atom is 0.264 e. The van der Waals surface area contributed by atoms with Gasteiger partial charge in [-0.3, -0.25) is 13.9 Å². The van der Waals surface area contributed by atoms with Crippen molar-refractivity contribution in [1.29, 1.82) is 0 Å². The molecule has 0 radical (unpaired) electrons. The van der Waals surface area contributed by atoms with Gasteiger partial charge in [-0.1, -0.05) is 54.8 Å². The van der Waals surface area contributed by atoms with E-state index in [4.69, 9.17) is 4.74 Å². The van der Waals surface area contributed by atoms with Crippen LogP contribution in [0.3, 0.4) is 0 Å². The first kappa shape index (κ1) is 30.1. The van der Waals surface area contributed by atoms with E-state index in [1.54, 1.807) is 62.6 Å². The van der Waals surface area contributed by atoms with E-state index in [-0.39, 0.29) is 23.4 Å². The Labute approximate surface area is 243 Å². The Hall–Kier alpha value is -3.85. The minimum Gasteiger partial charge on any atom is -0.497 e. The molecule has 3 aromatic rings. The van der Waals surface area contributed by atoms with Crippen LogP contribution in [-0.4, -0.2) is 50.9 Å². The number of amides is 2. The zero-order valence-electron chi connectivity index (χ0n) is 24.2. The topological polar surface area (TPSA) is 96.0 Å². The monoisotopic (exact) mass is 577 g/mol. The number of benzene rings is 3. The van der Waals surface area contributed by atoms with E-state index >= 15 is 0 Å². The highest BCUT2D eigenvalue weighted by Crippen LogP contribution is 2.26. The van der Waals surface area contributed by atoms with Crippen LogP contribution in [0.25, 0.3) is 0 Å². The Bertz CT molecular complexity index is 1470. The molecule has 3 aromatic carbocycles. The normalized spacial score (nSPS) is 14.3. The molecule has 0 saturated heterocycles. The number of carbonyl (C=O) groups excluding carboxylic acids is 2. The average molecular weight is 578 g/mol. The fourth-order valence-corrected chi connectivity index (χ4v) is 6.50. The van der Waals surface area contributed by atoms with Crippen LogP contribution in [0.5, 0.6) is 5.75 Å². The average Bonchev–Trinajstić information content (AvgIpc) is 3.47. The fraction of sp³-hybridized carbons (Fsp3) is 0.375. The molecule has 8 nitrogen and oxygen atoms in total. The predicted molar refractivity (Wildman–Crippen MR) is 160 cm³/mol. The molecule has 1 aliphatic rings. The van der Waals surface area contributed by atoms with Gasteiger partial charge >= 0.3 is 0 Å². The van der Waals surface area contributed by atoms with Crippen LogP contribution >= 0.6 is 0 Å². The van der Waals surface area contributed by atoms with Crippen molar-refractivity contribution in [3.8, 4) is 5.75 Å². The summed E-state index contributed by atoms with van der Waals surface area (Å²) in [6.07, 6.45) is 3.96. The highest BCUT2D eigenvalue weighted by atomic mass is 32.2. The van der Waals surface area contributed by atoms with Gasteiger partial charge in [-0.25, -0.2) is 8.42 Å². The number of carbonyl (C=O) groups is 2. The molecule has 0 spiro atoms. The van der Waals surface area contributed by atoms with Crippen LogP contribution in [-0.2, 0) is 26.2 Å². The van der Waals surface area contributed by atoms with E-state index in [2.05, 4.69) is 5.32 Å². The van der Waals surface area contributed by atoms with E-state index in [9.17, 15) is 18.0 Å². The summed E-state index contributed by atoms with van der Waals surface area (Å²) in [7, 11) is -2.53. The minimum absolute atomic E-state index is 0.0868. The van der Waals surface area contributed by atoms with Gasteiger partial charge in [-0.15, -0.1) is 0 Å². The van der Waals surface area contributed by atoms with Gasteiger partial charge in [0.1, 0.15) is 18.3 Å². The molecule has 0 aromatic heterocycles. The number of anilines is 1. The zero-order chi connectivity index (χ0) is 29.6. The number of aryl methyl sites for hydroxylation is 2. The van der Waals surface area contributed by atoms with E-state index < -0.39 is 28.5 Å². The Kier molecular flexibility index (Phi) is 9.70. The minimum atomic E-state index is -4.10. The molecule has 0 heterocycles. The van der Waals surface area contributed by atoms with Crippen LogP contribution in [0.2, 0.25) is 0 Å². The molecule has 41 heavy (non-hydrogen) atoms. The molecule has 1 atom stereocenters. The lowest BCUT2D eigenvalue weighted by atomic mass is 10.1. The quantitative estimate of drug-likeness (QED) is 0.347. The van der Waals surface area contributed by atoms with Crippen molar-refractivity contribution >= 4 is 27.5 Å². The molecule has 0 aliphatic heterocycles. The van der Waals surface area contributed by atoms with Gasteiger partial charge in [0.2, 0.25) is 11.8 Å². The van der Waals surface area contributed by atoms with Crippen LogP contribution in [0.15, 0.2) is 77.7 Å². The predicted octanol–water partition coefficient (Wildman–Crippen LogP) is 4.98. The molecule has 4 rings (SSSR count). The van der Waals surface area contributed by atoms with Crippen molar-refractivity contribution in [3.05, 3.63) is 89.5 Å². The van der Waals surface area contributed by atoms with Gasteiger partial charge < -0.3 is 15.0 Å². The Morgan fingerprint density at radius 2 is 1.63 bits per heavy atom. The van der Waals surface area contributed by atoms with Crippen molar-refractivity contribution in [2.75, 3.05) is 18.0 Å². The van der Waals surface area contributed by atoms with Gasteiger partial charge in [0.15, 0.2) is 0 Å². The summed E-state index contributed by atoms with van der Waals surface area (Å²) in [6.45, 7) is 5.08. The maximum atomic E-state index is 14.1. The number of rotatable bonds is 11.